The normalized spacial score (nSPS) is 15.1. The van der Waals surface area contributed by atoms with Gasteiger partial charge in [-0.05, 0) is 54.6 Å². The van der Waals surface area contributed by atoms with E-state index in [1.54, 1.807) is 0 Å². The summed E-state index contributed by atoms with van der Waals surface area (Å²) in [6.45, 7) is 3.13. The van der Waals surface area contributed by atoms with Crippen LogP contribution in [0.25, 0.3) is 0 Å². The SMILES string of the molecule is O=C(Cc1ccc(Cl)cc1)NC1CCN(CCC(c2ccccc2)c2ccccc2)CC1. The van der Waals surface area contributed by atoms with Crippen LogP contribution in [-0.2, 0) is 11.2 Å². The number of piperidine rings is 1. The summed E-state index contributed by atoms with van der Waals surface area (Å²) < 4.78 is 0. The predicted molar refractivity (Wildman–Crippen MR) is 132 cm³/mol. The van der Waals surface area contributed by atoms with Gasteiger partial charge in [0.15, 0.2) is 0 Å². The average molecular weight is 447 g/mol. The molecule has 0 aliphatic carbocycles. The second kappa shape index (κ2) is 11.3. The molecule has 0 unspecified atom stereocenters. The number of carbonyl (C=O) groups excluding carboxylic acids is 1. The van der Waals surface area contributed by atoms with Gasteiger partial charge in [-0.3, -0.25) is 4.79 Å². The van der Waals surface area contributed by atoms with Crippen molar-refractivity contribution in [2.45, 2.75) is 37.6 Å². The van der Waals surface area contributed by atoms with Crippen LogP contribution in [-0.4, -0.2) is 36.5 Å². The van der Waals surface area contributed by atoms with E-state index < -0.39 is 0 Å². The van der Waals surface area contributed by atoms with E-state index in [4.69, 9.17) is 11.6 Å². The molecule has 0 saturated carbocycles. The summed E-state index contributed by atoms with van der Waals surface area (Å²) in [4.78, 5) is 15.0. The lowest BCUT2D eigenvalue weighted by Crippen LogP contribution is -2.45. The molecule has 1 amide bonds. The first-order valence-electron chi connectivity index (χ1n) is 11.5. The molecule has 0 radical (unpaired) electrons. The number of likely N-dealkylation sites (tertiary alicyclic amines) is 1. The lowest BCUT2D eigenvalue weighted by atomic mass is 9.88. The Morgan fingerprint density at radius 3 is 2.00 bits per heavy atom. The van der Waals surface area contributed by atoms with Crippen LogP contribution < -0.4 is 5.32 Å². The Hall–Kier alpha value is -2.62. The minimum absolute atomic E-state index is 0.0963. The van der Waals surface area contributed by atoms with Gasteiger partial charge in [0.2, 0.25) is 5.91 Å². The Labute approximate surface area is 196 Å². The fourth-order valence-corrected chi connectivity index (χ4v) is 4.70. The molecule has 4 heteroatoms. The van der Waals surface area contributed by atoms with Crippen LogP contribution in [0, 0.1) is 0 Å². The number of amides is 1. The number of hydrogen-bond acceptors (Lipinski definition) is 2. The largest absolute Gasteiger partial charge is 0.353 e. The highest BCUT2D eigenvalue weighted by Crippen LogP contribution is 2.28. The zero-order chi connectivity index (χ0) is 22.2. The number of carbonyl (C=O) groups is 1. The molecule has 1 aliphatic rings. The van der Waals surface area contributed by atoms with E-state index in [9.17, 15) is 4.79 Å². The number of nitrogens with zero attached hydrogens (tertiary/aromatic N) is 1. The van der Waals surface area contributed by atoms with Gasteiger partial charge in [0.1, 0.15) is 0 Å². The van der Waals surface area contributed by atoms with Gasteiger partial charge in [-0.2, -0.15) is 0 Å². The summed E-state index contributed by atoms with van der Waals surface area (Å²) in [5.74, 6) is 0.508. The number of nitrogens with one attached hydrogen (secondary N) is 1. The Kier molecular flexibility index (Phi) is 7.97. The van der Waals surface area contributed by atoms with Gasteiger partial charge in [0.05, 0.1) is 6.42 Å². The smallest absolute Gasteiger partial charge is 0.224 e. The number of benzene rings is 3. The first-order valence-corrected chi connectivity index (χ1v) is 11.9. The van der Waals surface area contributed by atoms with Crippen molar-refractivity contribution in [2.24, 2.45) is 0 Å². The topological polar surface area (TPSA) is 32.3 Å². The van der Waals surface area contributed by atoms with Crippen LogP contribution in [0.3, 0.4) is 0 Å². The van der Waals surface area contributed by atoms with Crippen molar-refractivity contribution in [1.82, 2.24) is 10.2 Å². The molecule has 3 aromatic rings. The minimum atomic E-state index is 0.0963. The van der Waals surface area contributed by atoms with Gasteiger partial charge in [0.25, 0.3) is 0 Å². The van der Waals surface area contributed by atoms with Crippen molar-refractivity contribution < 1.29 is 4.79 Å². The zero-order valence-electron chi connectivity index (χ0n) is 18.4. The van der Waals surface area contributed by atoms with Gasteiger partial charge in [-0.15, -0.1) is 0 Å². The van der Waals surface area contributed by atoms with Gasteiger partial charge in [0, 0.05) is 30.1 Å². The summed E-state index contributed by atoms with van der Waals surface area (Å²) in [5.41, 5.74) is 3.75. The van der Waals surface area contributed by atoms with Crippen molar-refractivity contribution in [1.29, 1.82) is 0 Å². The summed E-state index contributed by atoms with van der Waals surface area (Å²) in [5, 5.41) is 3.92. The second-order valence-corrected chi connectivity index (χ2v) is 9.09. The van der Waals surface area contributed by atoms with Crippen molar-refractivity contribution in [3.05, 3.63) is 107 Å². The summed E-state index contributed by atoms with van der Waals surface area (Å²) in [6.07, 6.45) is 3.52. The third-order valence-corrected chi connectivity index (χ3v) is 6.62. The van der Waals surface area contributed by atoms with Crippen molar-refractivity contribution in [2.75, 3.05) is 19.6 Å². The lowest BCUT2D eigenvalue weighted by Gasteiger charge is -2.33. The van der Waals surface area contributed by atoms with E-state index in [1.807, 2.05) is 24.3 Å². The Balaban J connectivity index is 1.26. The van der Waals surface area contributed by atoms with E-state index in [0.29, 0.717) is 17.4 Å². The maximum absolute atomic E-state index is 12.4. The van der Waals surface area contributed by atoms with Crippen LogP contribution in [0.15, 0.2) is 84.9 Å². The Morgan fingerprint density at radius 1 is 0.875 bits per heavy atom. The molecular weight excluding hydrogens is 416 g/mol. The van der Waals surface area contributed by atoms with E-state index in [1.165, 1.54) is 11.1 Å². The van der Waals surface area contributed by atoms with Gasteiger partial charge in [-0.1, -0.05) is 84.4 Å². The molecule has 1 fully saturated rings. The number of halogens is 1. The molecule has 32 heavy (non-hydrogen) atoms. The molecular formula is C28H31ClN2O. The highest BCUT2D eigenvalue weighted by atomic mass is 35.5. The Bertz CT molecular complexity index is 928. The van der Waals surface area contributed by atoms with E-state index in [-0.39, 0.29) is 11.9 Å². The lowest BCUT2D eigenvalue weighted by molar-refractivity contribution is -0.121. The maximum atomic E-state index is 12.4. The molecule has 0 spiro atoms. The van der Waals surface area contributed by atoms with Crippen LogP contribution in [0.4, 0.5) is 0 Å². The molecule has 0 atom stereocenters. The third kappa shape index (κ3) is 6.44. The molecule has 1 N–H and O–H groups in total. The quantitative estimate of drug-likeness (QED) is 0.482. The highest BCUT2D eigenvalue weighted by molar-refractivity contribution is 6.30. The zero-order valence-corrected chi connectivity index (χ0v) is 19.2. The maximum Gasteiger partial charge on any atom is 0.224 e. The van der Waals surface area contributed by atoms with Crippen molar-refractivity contribution in [3.63, 3.8) is 0 Å². The fraction of sp³-hybridized carbons (Fsp3) is 0.321. The first kappa shape index (κ1) is 22.6. The minimum Gasteiger partial charge on any atom is -0.353 e. The van der Waals surface area contributed by atoms with Crippen LogP contribution in [0.5, 0.6) is 0 Å². The highest BCUT2D eigenvalue weighted by Gasteiger charge is 2.22. The third-order valence-electron chi connectivity index (χ3n) is 6.37. The molecule has 0 aromatic heterocycles. The molecule has 3 aromatic carbocycles. The van der Waals surface area contributed by atoms with Crippen LogP contribution in [0.1, 0.15) is 41.9 Å². The molecule has 3 nitrogen and oxygen atoms in total. The average Bonchev–Trinajstić information content (AvgIpc) is 2.83. The van der Waals surface area contributed by atoms with E-state index in [2.05, 4.69) is 70.9 Å². The van der Waals surface area contributed by atoms with E-state index in [0.717, 1.165) is 44.5 Å². The number of hydrogen-bond donors (Lipinski definition) is 1. The Morgan fingerprint density at radius 2 is 1.44 bits per heavy atom. The van der Waals surface area contributed by atoms with Gasteiger partial charge >= 0.3 is 0 Å². The molecule has 1 aliphatic heterocycles. The molecule has 166 valence electrons. The monoisotopic (exact) mass is 446 g/mol. The van der Waals surface area contributed by atoms with E-state index >= 15 is 0 Å². The summed E-state index contributed by atoms with van der Waals surface area (Å²) in [7, 11) is 0. The standard InChI is InChI=1S/C28H31ClN2O/c29-25-13-11-22(12-14-25)21-28(32)30-26-15-18-31(19-16-26)20-17-27(23-7-3-1-4-8-23)24-9-5-2-6-10-24/h1-14,26-27H,15-21H2,(H,30,32). The van der Waals surface area contributed by atoms with Gasteiger partial charge in [-0.25, -0.2) is 0 Å². The summed E-state index contributed by atoms with van der Waals surface area (Å²) >= 11 is 5.93. The molecule has 4 rings (SSSR count). The van der Waals surface area contributed by atoms with Crippen molar-refractivity contribution in [3.8, 4) is 0 Å². The van der Waals surface area contributed by atoms with Crippen LogP contribution >= 0.6 is 11.6 Å². The second-order valence-electron chi connectivity index (χ2n) is 8.65. The van der Waals surface area contributed by atoms with Crippen molar-refractivity contribution >= 4 is 17.5 Å². The van der Waals surface area contributed by atoms with Crippen LogP contribution in [0.2, 0.25) is 5.02 Å². The first-order chi connectivity index (χ1) is 15.7. The summed E-state index contributed by atoms with van der Waals surface area (Å²) in [6, 6.07) is 29.4. The molecule has 0 bridgehead atoms. The van der Waals surface area contributed by atoms with Gasteiger partial charge < -0.3 is 10.2 Å². The fourth-order valence-electron chi connectivity index (χ4n) is 4.58. The predicted octanol–water partition coefficient (Wildman–Crippen LogP) is 5.69. The molecule has 1 saturated heterocycles. The number of rotatable bonds is 8. The molecule has 1 heterocycles.